The molecule has 1 aromatic rings. The summed E-state index contributed by atoms with van der Waals surface area (Å²) in [5.41, 5.74) is -1.26. The van der Waals surface area contributed by atoms with E-state index >= 15 is 0 Å². The Hall–Kier alpha value is -2.76. The first-order valence-electron chi connectivity index (χ1n) is 11.4. The number of piperidine rings is 1. The lowest BCUT2D eigenvalue weighted by atomic mass is 9.70. The predicted octanol–water partition coefficient (Wildman–Crippen LogP) is 3.51. The van der Waals surface area contributed by atoms with Crippen molar-refractivity contribution in [2.24, 2.45) is 17.3 Å². The lowest BCUT2D eigenvalue weighted by molar-refractivity contribution is -0.139. The molecule has 0 aromatic heterocycles. The van der Waals surface area contributed by atoms with E-state index in [9.17, 15) is 22.8 Å². The molecule has 1 aliphatic carbocycles. The van der Waals surface area contributed by atoms with E-state index in [-0.39, 0.29) is 29.1 Å². The fraction of sp³-hybridized carbons (Fsp3) is 0.625. The minimum atomic E-state index is -4.60. The molecule has 0 bridgehead atoms. The number of halogens is 3. The molecule has 2 heterocycles. The van der Waals surface area contributed by atoms with Crippen LogP contribution in [-0.2, 0) is 15.8 Å². The van der Waals surface area contributed by atoms with Gasteiger partial charge in [0.05, 0.1) is 23.1 Å². The number of anilines is 1. The van der Waals surface area contributed by atoms with Crippen LogP contribution >= 0.6 is 0 Å². The molecular weight excluding hydrogens is 433 g/mol. The lowest BCUT2D eigenvalue weighted by Gasteiger charge is -2.43. The zero-order valence-electron chi connectivity index (χ0n) is 19.0. The van der Waals surface area contributed by atoms with Crippen LogP contribution in [-0.4, -0.2) is 61.9 Å². The van der Waals surface area contributed by atoms with Crippen LogP contribution in [0.5, 0.6) is 0 Å². The summed E-state index contributed by atoms with van der Waals surface area (Å²) in [5.74, 6) is -0.0933. The quantitative estimate of drug-likeness (QED) is 0.690. The number of hydrogen-bond acceptors (Lipinski definition) is 4. The summed E-state index contributed by atoms with van der Waals surface area (Å²) in [5, 5.41) is 9.05. The Morgan fingerprint density at radius 3 is 2.36 bits per heavy atom. The molecule has 1 atom stereocenters. The lowest BCUT2D eigenvalue weighted by Crippen LogP contribution is -2.48. The third-order valence-corrected chi connectivity index (χ3v) is 7.71. The maximum absolute atomic E-state index is 13.4. The summed E-state index contributed by atoms with van der Waals surface area (Å²) in [4.78, 5) is 31.3. The number of rotatable bonds is 3. The number of likely N-dealkylation sites (tertiary alicyclic amines) is 1. The molecule has 0 N–H and O–H groups in total. The number of benzene rings is 1. The zero-order chi connectivity index (χ0) is 24.0. The van der Waals surface area contributed by atoms with Crippen LogP contribution in [0.1, 0.15) is 43.2 Å². The van der Waals surface area contributed by atoms with Crippen molar-refractivity contribution in [1.29, 1.82) is 5.26 Å². The standard InChI is InChI=1S/C24H29F3N4O2/c1-29(2)22(33)20-14-31(21(32)16-4-3-5-16)15-23(20)8-10-30(11-9-23)18-7-6-17(13-28)19(12-18)24(25,26)27/h6-7,12,16,20H,3-5,8-11,14-15H2,1-2H3. The number of amides is 2. The minimum Gasteiger partial charge on any atom is -0.371 e. The van der Waals surface area contributed by atoms with Gasteiger partial charge in [0.2, 0.25) is 11.8 Å². The highest BCUT2D eigenvalue weighted by atomic mass is 19.4. The van der Waals surface area contributed by atoms with Gasteiger partial charge in [-0.3, -0.25) is 9.59 Å². The fourth-order valence-electron chi connectivity index (χ4n) is 5.48. The van der Waals surface area contributed by atoms with Gasteiger partial charge in [-0.25, -0.2) is 0 Å². The number of alkyl halides is 3. The summed E-state index contributed by atoms with van der Waals surface area (Å²) in [7, 11) is 3.44. The Bertz CT molecular complexity index is 973. The van der Waals surface area contributed by atoms with Crippen LogP contribution in [0, 0.1) is 28.6 Å². The molecule has 3 fully saturated rings. The molecule has 1 unspecified atom stereocenters. The molecule has 2 aliphatic heterocycles. The fourth-order valence-corrected chi connectivity index (χ4v) is 5.48. The van der Waals surface area contributed by atoms with E-state index in [0.29, 0.717) is 44.7 Å². The van der Waals surface area contributed by atoms with E-state index in [2.05, 4.69) is 0 Å². The van der Waals surface area contributed by atoms with Gasteiger partial charge in [-0.15, -0.1) is 0 Å². The van der Waals surface area contributed by atoms with Gasteiger partial charge >= 0.3 is 6.18 Å². The van der Waals surface area contributed by atoms with Gasteiger partial charge in [-0.2, -0.15) is 18.4 Å². The second-order valence-corrected chi connectivity index (χ2v) is 9.82. The molecular formula is C24H29F3N4O2. The van der Waals surface area contributed by atoms with Gasteiger partial charge in [-0.1, -0.05) is 6.42 Å². The number of nitriles is 1. The average Bonchev–Trinajstić information content (AvgIpc) is 3.10. The van der Waals surface area contributed by atoms with Crippen molar-refractivity contribution in [3.8, 4) is 6.07 Å². The third-order valence-electron chi connectivity index (χ3n) is 7.71. The van der Waals surface area contributed by atoms with Crippen LogP contribution < -0.4 is 4.90 Å². The molecule has 0 radical (unpaired) electrons. The molecule has 2 amide bonds. The van der Waals surface area contributed by atoms with E-state index in [0.717, 1.165) is 25.3 Å². The second kappa shape index (κ2) is 8.54. The predicted molar refractivity (Wildman–Crippen MR) is 116 cm³/mol. The van der Waals surface area contributed by atoms with Gasteiger partial charge < -0.3 is 14.7 Å². The summed E-state index contributed by atoms with van der Waals surface area (Å²) >= 11 is 0. The topological polar surface area (TPSA) is 67.7 Å². The number of carbonyl (C=O) groups is 2. The van der Waals surface area contributed by atoms with Crippen molar-refractivity contribution >= 4 is 17.5 Å². The first-order chi connectivity index (χ1) is 15.6. The highest BCUT2D eigenvalue weighted by molar-refractivity contribution is 5.84. The minimum absolute atomic E-state index is 0.00471. The third kappa shape index (κ3) is 4.28. The van der Waals surface area contributed by atoms with E-state index in [1.54, 1.807) is 31.1 Å². The van der Waals surface area contributed by atoms with Crippen molar-refractivity contribution in [1.82, 2.24) is 9.80 Å². The van der Waals surface area contributed by atoms with E-state index in [1.165, 1.54) is 6.07 Å². The van der Waals surface area contributed by atoms with Crippen LogP contribution in [0.4, 0.5) is 18.9 Å². The summed E-state index contributed by atoms with van der Waals surface area (Å²) in [6, 6.07) is 5.43. The van der Waals surface area contributed by atoms with Crippen LogP contribution in [0.25, 0.3) is 0 Å². The van der Waals surface area contributed by atoms with Crippen LogP contribution in [0.15, 0.2) is 18.2 Å². The highest BCUT2D eigenvalue weighted by Gasteiger charge is 2.53. The van der Waals surface area contributed by atoms with Gasteiger partial charge in [-0.05, 0) is 43.9 Å². The second-order valence-electron chi connectivity index (χ2n) is 9.82. The van der Waals surface area contributed by atoms with Crippen molar-refractivity contribution < 1.29 is 22.8 Å². The van der Waals surface area contributed by atoms with Gasteiger partial charge in [0, 0.05) is 57.3 Å². The Kier molecular flexibility index (Phi) is 6.06. The van der Waals surface area contributed by atoms with Gasteiger partial charge in [0.15, 0.2) is 0 Å². The Morgan fingerprint density at radius 2 is 1.85 bits per heavy atom. The van der Waals surface area contributed by atoms with E-state index in [4.69, 9.17) is 5.26 Å². The average molecular weight is 463 g/mol. The molecule has 9 heteroatoms. The Labute approximate surface area is 191 Å². The Balaban J connectivity index is 1.54. The maximum atomic E-state index is 13.4. The molecule has 33 heavy (non-hydrogen) atoms. The maximum Gasteiger partial charge on any atom is 0.417 e. The smallest absolute Gasteiger partial charge is 0.371 e. The van der Waals surface area contributed by atoms with Gasteiger partial charge in [0.25, 0.3) is 0 Å². The first-order valence-corrected chi connectivity index (χ1v) is 11.4. The molecule has 2 saturated heterocycles. The van der Waals surface area contributed by atoms with Crippen LogP contribution in [0.2, 0.25) is 0 Å². The normalized spacial score (nSPS) is 22.7. The molecule has 6 nitrogen and oxygen atoms in total. The molecule has 178 valence electrons. The van der Waals surface area contributed by atoms with E-state index < -0.39 is 17.3 Å². The molecule has 4 rings (SSSR count). The summed E-state index contributed by atoms with van der Waals surface area (Å²) in [6.45, 7) is 1.93. The largest absolute Gasteiger partial charge is 0.417 e. The molecule has 1 spiro atoms. The SMILES string of the molecule is CN(C)C(=O)C1CN(C(=O)C2CCC2)CC12CCN(c1ccc(C#N)c(C(F)(F)F)c1)CC2. The number of carbonyl (C=O) groups excluding carboxylic acids is 2. The first kappa shape index (κ1) is 23.4. The van der Waals surface area contributed by atoms with Crippen molar-refractivity contribution in [3.63, 3.8) is 0 Å². The highest BCUT2D eigenvalue weighted by Crippen LogP contribution is 2.47. The monoisotopic (exact) mass is 462 g/mol. The van der Waals surface area contributed by atoms with Gasteiger partial charge in [0.1, 0.15) is 0 Å². The number of hydrogen-bond donors (Lipinski definition) is 0. The van der Waals surface area contributed by atoms with Crippen molar-refractivity contribution in [3.05, 3.63) is 29.3 Å². The molecule has 1 aromatic carbocycles. The Morgan fingerprint density at radius 1 is 1.18 bits per heavy atom. The van der Waals surface area contributed by atoms with Crippen molar-refractivity contribution in [2.45, 2.75) is 38.3 Å². The summed E-state index contributed by atoms with van der Waals surface area (Å²) in [6.07, 6.45) is -0.491. The van der Waals surface area contributed by atoms with Crippen molar-refractivity contribution in [2.75, 3.05) is 45.2 Å². The summed E-state index contributed by atoms with van der Waals surface area (Å²) < 4.78 is 40.2. The zero-order valence-corrected chi connectivity index (χ0v) is 19.0. The number of nitrogens with zero attached hydrogens (tertiary/aromatic N) is 4. The molecule has 3 aliphatic rings. The van der Waals surface area contributed by atoms with Crippen LogP contribution in [0.3, 0.4) is 0 Å². The molecule has 1 saturated carbocycles. The van der Waals surface area contributed by atoms with E-state index in [1.807, 2.05) is 9.80 Å².